The van der Waals surface area contributed by atoms with E-state index in [2.05, 4.69) is 25.3 Å². The third-order valence-electron chi connectivity index (χ3n) is 7.95. The molecule has 2 fully saturated rings. The van der Waals surface area contributed by atoms with Crippen LogP contribution in [-0.2, 0) is 12.2 Å². The van der Waals surface area contributed by atoms with Gasteiger partial charge in [-0.3, -0.25) is 4.98 Å². The van der Waals surface area contributed by atoms with Gasteiger partial charge in [-0.15, -0.1) is 5.10 Å². The summed E-state index contributed by atoms with van der Waals surface area (Å²) in [6.07, 6.45) is 5.88. The molecule has 1 aliphatic carbocycles. The average molecular weight is 647 g/mol. The van der Waals surface area contributed by atoms with Gasteiger partial charge in [-0.25, -0.2) is 14.2 Å². The van der Waals surface area contributed by atoms with Gasteiger partial charge in [0.25, 0.3) is 0 Å². The standard InChI is InChI=1S/C29H30Cl3N7O4/c1-16(2)38-25(12-23(35-38)28(40)41)37-9-7-29(42,8-10-37)19-6-5-18(11-20(19)30)43-15-24-26(17-3-4-17)34-36-39(24)27-21(31)13-33-14-22(27)32/h5-6,11-14,16-17,42H,3-4,7-10,15H2,1-2H3,(H,40,41). The molecule has 4 heterocycles. The molecule has 0 radical (unpaired) electrons. The number of carbonyl (C=O) groups is 1. The lowest BCUT2D eigenvalue weighted by molar-refractivity contribution is 0.0115. The highest BCUT2D eigenvalue weighted by Gasteiger charge is 2.37. The summed E-state index contributed by atoms with van der Waals surface area (Å²) < 4.78 is 9.48. The van der Waals surface area contributed by atoms with Crippen LogP contribution in [0.3, 0.4) is 0 Å². The molecule has 226 valence electrons. The van der Waals surface area contributed by atoms with Gasteiger partial charge in [-0.05, 0) is 51.7 Å². The first-order valence-electron chi connectivity index (χ1n) is 14.0. The second kappa shape index (κ2) is 11.6. The zero-order valence-electron chi connectivity index (χ0n) is 23.5. The molecule has 1 aliphatic heterocycles. The smallest absolute Gasteiger partial charge is 0.356 e. The average Bonchev–Trinajstić information content (AvgIpc) is 3.56. The lowest BCUT2D eigenvalue weighted by Crippen LogP contribution is -2.43. The summed E-state index contributed by atoms with van der Waals surface area (Å²) >= 11 is 19.6. The van der Waals surface area contributed by atoms with Crippen molar-refractivity contribution in [1.29, 1.82) is 0 Å². The summed E-state index contributed by atoms with van der Waals surface area (Å²) in [6, 6.07) is 6.85. The van der Waals surface area contributed by atoms with Crippen LogP contribution in [0.1, 0.15) is 78.9 Å². The Balaban J connectivity index is 1.18. The Morgan fingerprint density at radius 3 is 2.40 bits per heavy atom. The third kappa shape index (κ3) is 5.78. The first kappa shape index (κ1) is 29.7. The van der Waals surface area contributed by atoms with Crippen LogP contribution in [0, 0.1) is 0 Å². The van der Waals surface area contributed by atoms with Crippen LogP contribution in [0.4, 0.5) is 5.82 Å². The lowest BCUT2D eigenvalue weighted by atomic mass is 9.84. The van der Waals surface area contributed by atoms with Crippen LogP contribution in [0.5, 0.6) is 5.75 Å². The second-order valence-electron chi connectivity index (χ2n) is 11.2. The molecule has 43 heavy (non-hydrogen) atoms. The minimum absolute atomic E-state index is 0.00164. The Labute approximate surface area is 262 Å². The molecule has 3 aromatic heterocycles. The number of aromatic nitrogens is 6. The topological polar surface area (TPSA) is 131 Å². The van der Waals surface area contributed by atoms with Gasteiger partial charge < -0.3 is 19.8 Å². The van der Waals surface area contributed by atoms with Gasteiger partial charge in [0.15, 0.2) is 5.69 Å². The van der Waals surface area contributed by atoms with Gasteiger partial charge >= 0.3 is 5.97 Å². The highest BCUT2D eigenvalue weighted by Crippen LogP contribution is 2.43. The van der Waals surface area contributed by atoms with E-state index in [1.807, 2.05) is 13.8 Å². The SMILES string of the molecule is CC(C)n1nc(C(=O)O)cc1N1CCC(O)(c2ccc(OCc3c(C4CC4)nnn3-c3c(Cl)cncc3Cl)cc2Cl)CC1. The van der Waals surface area contributed by atoms with Gasteiger partial charge in [0.2, 0.25) is 0 Å². The number of benzene rings is 1. The molecule has 0 amide bonds. The van der Waals surface area contributed by atoms with Crippen molar-refractivity contribution in [3.05, 3.63) is 74.4 Å². The number of hydrogen-bond acceptors (Lipinski definition) is 8. The number of nitrogens with zero attached hydrogens (tertiary/aromatic N) is 7. The fourth-order valence-electron chi connectivity index (χ4n) is 5.50. The highest BCUT2D eigenvalue weighted by atomic mass is 35.5. The predicted octanol–water partition coefficient (Wildman–Crippen LogP) is 6.04. The zero-order valence-corrected chi connectivity index (χ0v) is 25.8. The lowest BCUT2D eigenvalue weighted by Gasteiger charge is -2.40. The van der Waals surface area contributed by atoms with Gasteiger partial charge in [-0.2, -0.15) is 5.10 Å². The minimum Gasteiger partial charge on any atom is -0.487 e. The van der Waals surface area contributed by atoms with E-state index in [-0.39, 0.29) is 18.3 Å². The highest BCUT2D eigenvalue weighted by molar-refractivity contribution is 6.37. The molecule has 0 atom stereocenters. The molecule has 2 N–H and O–H groups in total. The first-order valence-corrected chi connectivity index (χ1v) is 15.2. The maximum atomic E-state index is 11.6. The molecule has 1 aromatic carbocycles. The molecule has 0 unspecified atom stereocenters. The Morgan fingerprint density at radius 1 is 1.09 bits per heavy atom. The first-order chi connectivity index (χ1) is 20.6. The number of aliphatic hydroxyl groups is 1. The molecule has 1 saturated heterocycles. The largest absolute Gasteiger partial charge is 0.487 e. The van der Waals surface area contributed by atoms with Crippen LogP contribution < -0.4 is 9.64 Å². The third-order valence-corrected chi connectivity index (χ3v) is 8.82. The van der Waals surface area contributed by atoms with Crippen LogP contribution in [0.25, 0.3) is 5.69 Å². The van der Waals surface area contributed by atoms with Crippen molar-refractivity contribution < 1.29 is 19.7 Å². The number of halogens is 3. The quantitative estimate of drug-likeness (QED) is 0.223. The zero-order chi connectivity index (χ0) is 30.5. The van der Waals surface area contributed by atoms with Crippen molar-refractivity contribution in [1.82, 2.24) is 29.8 Å². The van der Waals surface area contributed by atoms with Crippen molar-refractivity contribution in [2.45, 2.75) is 63.7 Å². The fraction of sp³-hybridized carbons (Fsp3) is 0.414. The van der Waals surface area contributed by atoms with Crippen molar-refractivity contribution in [2.24, 2.45) is 0 Å². The predicted molar refractivity (Wildman–Crippen MR) is 162 cm³/mol. The number of aromatic carboxylic acids is 1. The van der Waals surface area contributed by atoms with E-state index >= 15 is 0 Å². The Morgan fingerprint density at radius 2 is 1.79 bits per heavy atom. The van der Waals surface area contributed by atoms with E-state index in [1.165, 1.54) is 12.4 Å². The molecule has 6 rings (SSSR count). The van der Waals surface area contributed by atoms with E-state index in [0.717, 1.165) is 30.0 Å². The summed E-state index contributed by atoms with van der Waals surface area (Å²) in [5.41, 5.74) is 1.55. The van der Waals surface area contributed by atoms with Gasteiger partial charge in [0.1, 0.15) is 29.6 Å². The van der Waals surface area contributed by atoms with Gasteiger partial charge in [-0.1, -0.05) is 46.1 Å². The maximum absolute atomic E-state index is 11.6. The number of anilines is 1. The van der Waals surface area contributed by atoms with E-state index in [1.54, 1.807) is 33.6 Å². The fourth-order valence-corrected chi connectivity index (χ4v) is 6.38. The summed E-state index contributed by atoms with van der Waals surface area (Å²) in [5, 5.41) is 35.1. The molecular weight excluding hydrogens is 617 g/mol. The molecular formula is C29H30Cl3N7O4. The van der Waals surface area contributed by atoms with Crippen LogP contribution in [0.2, 0.25) is 15.1 Å². The maximum Gasteiger partial charge on any atom is 0.356 e. The van der Waals surface area contributed by atoms with E-state index in [9.17, 15) is 15.0 Å². The second-order valence-corrected chi connectivity index (χ2v) is 12.5. The van der Waals surface area contributed by atoms with Crippen molar-refractivity contribution in [3.63, 3.8) is 0 Å². The molecule has 0 spiro atoms. The van der Waals surface area contributed by atoms with Crippen LogP contribution in [0.15, 0.2) is 36.7 Å². The van der Waals surface area contributed by atoms with E-state index < -0.39 is 11.6 Å². The van der Waals surface area contributed by atoms with Crippen molar-refractivity contribution in [3.8, 4) is 11.4 Å². The Kier molecular flexibility index (Phi) is 8.01. The van der Waals surface area contributed by atoms with Crippen molar-refractivity contribution in [2.75, 3.05) is 18.0 Å². The molecule has 14 heteroatoms. The number of piperidine rings is 1. The Bertz CT molecular complexity index is 1660. The van der Waals surface area contributed by atoms with Gasteiger partial charge in [0.05, 0.1) is 26.4 Å². The molecule has 11 nitrogen and oxygen atoms in total. The monoisotopic (exact) mass is 645 g/mol. The summed E-state index contributed by atoms with van der Waals surface area (Å²) in [7, 11) is 0. The number of carboxylic acids is 1. The van der Waals surface area contributed by atoms with E-state index in [4.69, 9.17) is 39.5 Å². The molecule has 1 saturated carbocycles. The number of hydrogen-bond donors (Lipinski definition) is 2. The molecule has 0 bridgehead atoms. The normalized spacial score (nSPS) is 16.6. The Hall–Kier alpha value is -3.38. The van der Waals surface area contributed by atoms with Crippen molar-refractivity contribution >= 4 is 46.6 Å². The summed E-state index contributed by atoms with van der Waals surface area (Å²) in [4.78, 5) is 17.6. The summed E-state index contributed by atoms with van der Waals surface area (Å²) in [6.45, 7) is 5.07. The molecule has 4 aromatic rings. The number of ether oxygens (including phenoxy) is 1. The molecule has 2 aliphatic rings. The number of pyridine rings is 1. The van der Waals surface area contributed by atoms with E-state index in [0.29, 0.717) is 63.9 Å². The van der Waals surface area contributed by atoms with Gasteiger partial charge in [0, 0.05) is 49.1 Å². The summed E-state index contributed by atoms with van der Waals surface area (Å²) in [5.74, 6) is 0.488. The number of carboxylic acid groups (broad SMARTS) is 1. The van der Waals surface area contributed by atoms with Crippen LogP contribution >= 0.6 is 34.8 Å². The number of rotatable bonds is 9. The minimum atomic E-state index is -1.15. The van der Waals surface area contributed by atoms with Crippen LogP contribution in [-0.4, -0.2) is 59.0 Å².